The Hall–Kier alpha value is -1.09. The number of benzene rings is 1. The van der Waals surface area contributed by atoms with E-state index in [-0.39, 0.29) is 11.9 Å². The van der Waals surface area contributed by atoms with Gasteiger partial charge in [-0.1, -0.05) is 0 Å². The molecule has 1 aromatic rings. The molecule has 3 rings (SSSR count). The highest BCUT2D eigenvalue weighted by Crippen LogP contribution is 2.43. The molecule has 2 aliphatic rings. The SMILES string of the molecule is O[C@@H]1CC(C2CC2)Oc2ccc(F)cc21. The topological polar surface area (TPSA) is 29.5 Å². The number of aliphatic hydroxyl groups is 1. The van der Waals surface area contributed by atoms with E-state index < -0.39 is 6.10 Å². The first-order chi connectivity index (χ1) is 7.24. The van der Waals surface area contributed by atoms with Crippen molar-refractivity contribution in [1.82, 2.24) is 0 Å². The number of fused-ring (bicyclic) bond motifs is 1. The van der Waals surface area contributed by atoms with E-state index in [4.69, 9.17) is 4.74 Å². The van der Waals surface area contributed by atoms with E-state index in [9.17, 15) is 9.50 Å². The lowest BCUT2D eigenvalue weighted by molar-refractivity contribution is 0.0547. The van der Waals surface area contributed by atoms with Crippen molar-refractivity contribution in [2.45, 2.75) is 31.5 Å². The zero-order valence-corrected chi connectivity index (χ0v) is 8.32. The van der Waals surface area contributed by atoms with Crippen molar-refractivity contribution in [2.75, 3.05) is 0 Å². The summed E-state index contributed by atoms with van der Waals surface area (Å²) in [6.07, 6.45) is 2.52. The summed E-state index contributed by atoms with van der Waals surface area (Å²) in [5, 5.41) is 9.89. The Morgan fingerprint density at radius 3 is 2.87 bits per heavy atom. The molecule has 1 aromatic carbocycles. The molecule has 2 atom stereocenters. The lowest BCUT2D eigenvalue weighted by Gasteiger charge is -2.29. The lowest BCUT2D eigenvalue weighted by Crippen LogP contribution is -2.27. The van der Waals surface area contributed by atoms with Crippen molar-refractivity contribution in [2.24, 2.45) is 5.92 Å². The second-order valence-corrected chi connectivity index (χ2v) is 4.43. The third kappa shape index (κ3) is 1.61. The monoisotopic (exact) mass is 208 g/mol. The van der Waals surface area contributed by atoms with Crippen LogP contribution in [-0.4, -0.2) is 11.2 Å². The van der Waals surface area contributed by atoms with E-state index in [0.29, 0.717) is 23.7 Å². The molecule has 1 aliphatic heterocycles. The molecule has 1 aliphatic carbocycles. The normalized spacial score (nSPS) is 29.5. The summed E-state index contributed by atoms with van der Waals surface area (Å²) >= 11 is 0. The van der Waals surface area contributed by atoms with E-state index in [2.05, 4.69) is 0 Å². The van der Waals surface area contributed by atoms with Gasteiger partial charge in [0.15, 0.2) is 0 Å². The summed E-state index contributed by atoms with van der Waals surface area (Å²) in [6, 6.07) is 4.35. The molecule has 0 amide bonds. The molecular formula is C12H13FO2. The minimum atomic E-state index is -0.574. The molecule has 1 fully saturated rings. The second kappa shape index (κ2) is 3.20. The number of ether oxygens (including phenoxy) is 1. The predicted molar refractivity (Wildman–Crippen MR) is 53.1 cm³/mol. The zero-order chi connectivity index (χ0) is 10.4. The van der Waals surface area contributed by atoms with Crippen LogP contribution in [0.4, 0.5) is 4.39 Å². The van der Waals surface area contributed by atoms with Gasteiger partial charge >= 0.3 is 0 Å². The van der Waals surface area contributed by atoms with Crippen molar-refractivity contribution in [1.29, 1.82) is 0 Å². The van der Waals surface area contributed by atoms with Gasteiger partial charge in [-0.3, -0.25) is 0 Å². The number of hydrogen-bond acceptors (Lipinski definition) is 2. The molecule has 0 radical (unpaired) electrons. The van der Waals surface area contributed by atoms with E-state index in [1.54, 1.807) is 6.07 Å². The second-order valence-electron chi connectivity index (χ2n) is 4.43. The number of halogens is 1. The van der Waals surface area contributed by atoms with Crippen LogP contribution in [0, 0.1) is 11.7 Å². The molecule has 1 heterocycles. The molecule has 0 saturated heterocycles. The smallest absolute Gasteiger partial charge is 0.125 e. The summed E-state index contributed by atoms with van der Waals surface area (Å²) in [5.74, 6) is 0.922. The van der Waals surface area contributed by atoms with Crippen LogP contribution in [0.5, 0.6) is 5.75 Å². The van der Waals surface area contributed by atoms with Gasteiger partial charge in [0, 0.05) is 12.0 Å². The van der Waals surface area contributed by atoms with Crippen LogP contribution in [0.2, 0.25) is 0 Å². The average molecular weight is 208 g/mol. The van der Waals surface area contributed by atoms with E-state index in [0.717, 1.165) is 0 Å². The maximum atomic E-state index is 13.0. The van der Waals surface area contributed by atoms with Crippen molar-refractivity contribution in [3.8, 4) is 5.75 Å². The Morgan fingerprint density at radius 2 is 2.13 bits per heavy atom. The van der Waals surface area contributed by atoms with E-state index in [1.165, 1.54) is 25.0 Å². The maximum absolute atomic E-state index is 13.0. The van der Waals surface area contributed by atoms with Gasteiger partial charge in [0.05, 0.1) is 6.10 Å². The van der Waals surface area contributed by atoms with Gasteiger partial charge < -0.3 is 9.84 Å². The predicted octanol–water partition coefficient (Wildman–Crippen LogP) is 2.42. The van der Waals surface area contributed by atoms with Gasteiger partial charge in [-0.25, -0.2) is 4.39 Å². The lowest BCUT2D eigenvalue weighted by atomic mass is 9.97. The van der Waals surface area contributed by atoms with Crippen molar-refractivity contribution < 1.29 is 14.2 Å². The van der Waals surface area contributed by atoms with Crippen LogP contribution in [0.3, 0.4) is 0 Å². The molecule has 1 saturated carbocycles. The highest BCUT2D eigenvalue weighted by molar-refractivity contribution is 5.37. The maximum Gasteiger partial charge on any atom is 0.125 e. The Kier molecular flexibility index (Phi) is 1.96. The Morgan fingerprint density at radius 1 is 1.33 bits per heavy atom. The van der Waals surface area contributed by atoms with Gasteiger partial charge in [-0.05, 0) is 37.0 Å². The van der Waals surface area contributed by atoms with Crippen molar-refractivity contribution in [3.05, 3.63) is 29.6 Å². The van der Waals surface area contributed by atoms with Crippen LogP contribution >= 0.6 is 0 Å². The molecule has 0 aromatic heterocycles. The fraction of sp³-hybridized carbons (Fsp3) is 0.500. The molecule has 15 heavy (non-hydrogen) atoms. The summed E-state index contributed by atoms with van der Waals surface area (Å²) in [5.41, 5.74) is 0.590. The standard InChI is InChI=1S/C12H13FO2/c13-8-3-4-11-9(5-8)10(14)6-12(15-11)7-1-2-7/h3-5,7,10,12,14H,1-2,6H2/t10-,12?/m1/s1. The minimum absolute atomic E-state index is 0.123. The molecule has 0 bridgehead atoms. The highest BCUT2D eigenvalue weighted by Gasteiger charge is 2.38. The first-order valence-electron chi connectivity index (χ1n) is 5.38. The minimum Gasteiger partial charge on any atom is -0.490 e. The summed E-state index contributed by atoms with van der Waals surface area (Å²) in [4.78, 5) is 0. The summed E-state index contributed by atoms with van der Waals surface area (Å²) in [7, 11) is 0. The molecule has 3 heteroatoms. The van der Waals surface area contributed by atoms with Gasteiger partial charge in [0.25, 0.3) is 0 Å². The third-order valence-corrected chi connectivity index (χ3v) is 3.21. The third-order valence-electron chi connectivity index (χ3n) is 3.21. The van der Waals surface area contributed by atoms with E-state index in [1.807, 2.05) is 0 Å². The fourth-order valence-corrected chi connectivity index (χ4v) is 2.20. The largest absolute Gasteiger partial charge is 0.490 e. The van der Waals surface area contributed by atoms with Gasteiger partial charge in [-0.2, -0.15) is 0 Å². The first kappa shape index (κ1) is 9.16. The van der Waals surface area contributed by atoms with E-state index >= 15 is 0 Å². The number of rotatable bonds is 1. The first-order valence-corrected chi connectivity index (χ1v) is 5.38. The summed E-state index contributed by atoms with van der Waals surface area (Å²) in [6.45, 7) is 0. The van der Waals surface area contributed by atoms with Crippen molar-refractivity contribution in [3.63, 3.8) is 0 Å². The van der Waals surface area contributed by atoms with Crippen LogP contribution in [0.1, 0.15) is 30.9 Å². The van der Waals surface area contributed by atoms with Gasteiger partial charge in [-0.15, -0.1) is 0 Å². The molecule has 80 valence electrons. The highest BCUT2D eigenvalue weighted by atomic mass is 19.1. The zero-order valence-electron chi connectivity index (χ0n) is 8.32. The molecular weight excluding hydrogens is 195 g/mol. The van der Waals surface area contributed by atoms with Crippen LogP contribution in [0.15, 0.2) is 18.2 Å². The van der Waals surface area contributed by atoms with Gasteiger partial charge in [0.1, 0.15) is 17.7 Å². The number of aliphatic hydroxyl groups excluding tert-OH is 1. The Balaban J connectivity index is 1.93. The van der Waals surface area contributed by atoms with Crippen LogP contribution in [0.25, 0.3) is 0 Å². The quantitative estimate of drug-likeness (QED) is 0.768. The van der Waals surface area contributed by atoms with Crippen molar-refractivity contribution >= 4 is 0 Å². The Bertz CT molecular complexity index is 387. The molecule has 2 nitrogen and oxygen atoms in total. The van der Waals surface area contributed by atoms with Crippen LogP contribution in [-0.2, 0) is 0 Å². The molecule has 1 unspecified atom stereocenters. The van der Waals surface area contributed by atoms with Crippen LogP contribution < -0.4 is 4.74 Å². The average Bonchev–Trinajstić information content (AvgIpc) is 3.02. The number of hydrogen-bond donors (Lipinski definition) is 1. The Labute approximate surface area is 87.7 Å². The summed E-state index contributed by atoms with van der Waals surface area (Å²) < 4.78 is 18.7. The van der Waals surface area contributed by atoms with Gasteiger partial charge in [0.2, 0.25) is 0 Å². The fourth-order valence-electron chi connectivity index (χ4n) is 2.20. The molecule has 0 spiro atoms. The molecule has 1 N–H and O–H groups in total.